The quantitative estimate of drug-likeness (QED) is 0.791. The molecule has 0 unspecified atom stereocenters. The maximum atomic E-state index is 11.1. The fourth-order valence-corrected chi connectivity index (χ4v) is 2.46. The Labute approximate surface area is 135 Å². The molecule has 1 fully saturated rings. The Balaban J connectivity index is 0.00000102. The standard InChI is InChI=1S/C14H20N2O2.2C2H6/c15-11-5-7-12(8-6-11)16-9-10-3-1-2-4-13(10)14(17)18;2*1-2/h1-4,11-12,16H,5-9,15H2,(H,17,18);2*1-2H3. The summed E-state index contributed by atoms with van der Waals surface area (Å²) in [6.07, 6.45) is 4.27. The van der Waals surface area contributed by atoms with Gasteiger partial charge in [0.15, 0.2) is 0 Å². The summed E-state index contributed by atoms with van der Waals surface area (Å²) in [5.41, 5.74) is 7.10. The third-order valence-electron chi connectivity index (χ3n) is 3.60. The number of hydrogen-bond acceptors (Lipinski definition) is 3. The summed E-state index contributed by atoms with van der Waals surface area (Å²) in [5.74, 6) is -0.863. The molecule has 4 nitrogen and oxygen atoms in total. The molecule has 0 saturated heterocycles. The molecule has 1 aromatic carbocycles. The highest BCUT2D eigenvalue weighted by Gasteiger charge is 2.18. The minimum atomic E-state index is -0.863. The number of carboxylic acid groups (broad SMARTS) is 1. The number of aromatic carboxylic acids is 1. The van der Waals surface area contributed by atoms with Crippen LogP contribution in [0.25, 0.3) is 0 Å². The van der Waals surface area contributed by atoms with E-state index in [1.807, 2.05) is 39.8 Å². The van der Waals surface area contributed by atoms with E-state index in [-0.39, 0.29) is 0 Å². The van der Waals surface area contributed by atoms with Crippen LogP contribution in [0.3, 0.4) is 0 Å². The Morgan fingerprint density at radius 3 is 2.23 bits per heavy atom. The van der Waals surface area contributed by atoms with Gasteiger partial charge in [0.05, 0.1) is 5.56 Å². The summed E-state index contributed by atoms with van der Waals surface area (Å²) in [4.78, 5) is 11.1. The van der Waals surface area contributed by atoms with Crippen LogP contribution in [-0.2, 0) is 6.54 Å². The molecule has 2 rings (SSSR count). The van der Waals surface area contributed by atoms with Crippen molar-refractivity contribution in [2.24, 2.45) is 5.73 Å². The number of carboxylic acids is 1. The van der Waals surface area contributed by atoms with Gasteiger partial charge in [-0.1, -0.05) is 45.9 Å². The number of rotatable bonds is 4. The lowest BCUT2D eigenvalue weighted by Gasteiger charge is -2.27. The Morgan fingerprint density at radius 2 is 1.68 bits per heavy atom. The van der Waals surface area contributed by atoms with Crippen LogP contribution in [0, 0.1) is 0 Å². The molecule has 0 spiro atoms. The smallest absolute Gasteiger partial charge is 0.336 e. The van der Waals surface area contributed by atoms with Crippen LogP contribution in [0.15, 0.2) is 24.3 Å². The van der Waals surface area contributed by atoms with E-state index in [0.29, 0.717) is 24.2 Å². The Morgan fingerprint density at radius 1 is 1.14 bits per heavy atom. The van der Waals surface area contributed by atoms with Gasteiger partial charge in [-0.3, -0.25) is 0 Å². The van der Waals surface area contributed by atoms with Crippen molar-refractivity contribution >= 4 is 5.97 Å². The second-order valence-corrected chi connectivity index (χ2v) is 4.95. The van der Waals surface area contributed by atoms with Crippen LogP contribution in [-0.4, -0.2) is 23.2 Å². The van der Waals surface area contributed by atoms with Crippen LogP contribution in [0.4, 0.5) is 0 Å². The van der Waals surface area contributed by atoms with Crippen molar-refractivity contribution in [1.82, 2.24) is 5.32 Å². The van der Waals surface area contributed by atoms with Gasteiger partial charge in [0.1, 0.15) is 0 Å². The maximum absolute atomic E-state index is 11.1. The molecular weight excluding hydrogens is 276 g/mol. The van der Waals surface area contributed by atoms with Crippen molar-refractivity contribution in [3.05, 3.63) is 35.4 Å². The lowest BCUT2D eigenvalue weighted by molar-refractivity contribution is 0.0695. The van der Waals surface area contributed by atoms with Crippen LogP contribution in [0.1, 0.15) is 69.3 Å². The van der Waals surface area contributed by atoms with Crippen molar-refractivity contribution in [2.75, 3.05) is 0 Å². The molecule has 0 atom stereocenters. The number of carbonyl (C=O) groups is 1. The topological polar surface area (TPSA) is 75.3 Å². The van der Waals surface area contributed by atoms with Crippen molar-refractivity contribution in [3.63, 3.8) is 0 Å². The molecule has 0 radical (unpaired) electrons. The molecule has 4 heteroatoms. The largest absolute Gasteiger partial charge is 0.478 e. The number of nitrogens with one attached hydrogen (secondary N) is 1. The highest BCUT2D eigenvalue weighted by Crippen LogP contribution is 2.18. The summed E-state index contributed by atoms with van der Waals surface area (Å²) in [6, 6.07) is 7.95. The molecule has 1 aliphatic carbocycles. The lowest BCUT2D eigenvalue weighted by Crippen LogP contribution is -2.37. The summed E-state index contributed by atoms with van der Waals surface area (Å²) in [7, 11) is 0. The molecule has 0 bridgehead atoms. The first kappa shape index (κ1) is 20.6. The molecule has 0 aliphatic heterocycles. The summed E-state index contributed by atoms with van der Waals surface area (Å²) in [5, 5.41) is 12.5. The molecule has 1 aliphatic rings. The first-order valence-corrected chi connectivity index (χ1v) is 8.47. The molecule has 0 heterocycles. The zero-order chi connectivity index (χ0) is 17.0. The highest BCUT2D eigenvalue weighted by atomic mass is 16.4. The normalized spacial score (nSPS) is 20.0. The molecule has 0 aromatic heterocycles. The first-order chi connectivity index (χ1) is 10.7. The predicted octanol–water partition coefficient (Wildman–Crippen LogP) is 3.80. The third kappa shape index (κ3) is 7.05. The van der Waals surface area contributed by atoms with E-state index in [0.717, 1.165) is 31.2 Å². The van der Waals surface area contributed by atoms with Gasteiger partial charge in [0.2, 0.25) is 0 Å². The van der Waals surface area contributed by atoms with Crippen molar-refractivity contribution in [3.8, 4) is 0 Å². The van der Waals surface area contributed by atoms with Crippen LogP contribution in [0.5, 0.6) is 0 Å². The molecule has 0 amide bonds. The second-order valence-electron chi connectivity index (χ2n) is 4.95. The molecule has 1 saturated carbocycles. The van der Waals surface area contributed by atoms with Crippen LogP contribution < -0.4 is 11.1 Å². The van der Waals surface area contributed by atoms with Crippen LogP contribution >= 0.6 is 0 Å². The molecule has 4 N–H and O–H groups in total. The minimum absolute atomic E-state index is 0.342. The van der Waals surface area contributed by atoms with Gasteiger partial charge in [-0.05, 0) is 37.3 Å². The van der Waals surface area contributed by atoms with Crippen LogP contribution in [0.2, 0.25) is 0 Å². The Bertz CT molecular complexity index is 413. The molecular formula is C18H32N2O2. The monoisotopic (exact) mass is 308 g/mol. The summed E-state index contributed by atoms with van der Waals surface area (Å²) >= 11 is 0. The molecule has 1 aromatic rings. The van der Waals surface area contributed by atoms with E-state index in [4.69, 9.17) is 10.8 Å². The zero-order valence-corrected chi connectivity index (χ0v) is 14.4. The highest BCUT2D eigenvalue weighted by molar-refractivity contribution is 5.89. The predicted molar refractivity (Wildman–Crippen MR) is 93.2 cm³/mol. The van der Waals surface area contributed by atoms with E-state index < -0.39 is 5.97 Å². The molecule has 22 heavy (non-hydrogen) atoms. The number of nitrogens with two attached hydrogens (primary N) is 1. The molecule has 126 valence electrons. The SMILES string of the molecule is CC.CC.NC1CCC(NCc2ccccc2C(=O)O)CC1. The average Bonchev–Trinajstić information content (AvgIpc) is 2.58. The summed E-state index contributed by atoms with van der Waals surface area (Å²) < 4.78 is 0. The fourth-order valence-electron chi connectivity index (χ4n) is 2.46. The van der Waals surface area contributed by atoms with Gasteiger partial charge < -0.3 is 16.2 Å². The first-order valence-electron chi connectivity index (χ1n) is 8.47. The minimum Gasteiger partial charge on any atom is -0.478 e. The van der Waals surface area contributed by atoms with Gasteiger partial charge >= 0.3 is 5.97 Å². The second kappa shape index (κ2) is 12.2. The average molecular weight is 308 g/mol. The lowest BCUT2D eigenvalue weighted by atomic mass is 9.91. The van der Waals surface area contributed by atoms with Gasteiger partial charge in [-0.15, -0.1) is 0 Å². The zero-order valence-electron chi connectivity index (χ0n) is 14.4. The van der Waals surface area contributed by atoms with Gasteiger partial charge in [-0.25, -0.2) is 4.79 Å². The van der Waals surface area contributed by atoms with E-state index in [9.17, 15) is 4.79 Å². The van der Waals surface area contributed by atoms with Gasteiger partial charge in [-0.2, -0.15) is 0 Å². The van der Waals surface area contributed by atoms with E-state index in [1.54, 1.807) is 12.1 Å². The van der Waals surface area contributed by atoms with Gasteiger partial charge in [0.25, 0.3) is 0 Å². The van der Waals surface area contributed by atoms with Crippen molar-refractivity contribution in [2.45, 2.75) is 72.0 Å². The van der Waals surface area contributed by atoms with Crippen molar-refractivity contribution in [1.29, 1.82) is 0 Å². The van der Waals surface area contributed by atoms with E-state index in [1.165, 1.54) is 0 Å². The fraction of sp³-hybridized carbons (Fsp3) is 0.611. The van der Waals surface area contributed by atoms with Gasteiger partial charge in [0, 0.05) is 18.6 Å². The maximum Gasteiger partial charge on any atom is 0.336 e. The van der Waals surface area contributed by atoms with E-state index in [2.05, 4.69) is 5.32 Å². The number of benzene rings is 1. The Hall–Kier alpha value is -1.39. The summed E-state index contributed by atoms with van der Waals surface area (Å²) in [6.45, 7) is 8.61. The van der Waals surface area contributed by atoms with E-state index >= 15 is 0 Å². The number of hydrogen-bond donors (Lipinski definition) is 3. The Kier molecular flexibility index (Phi) is 11.4. The van der Waals surface area contributed by atoms with Crippen molar-refractivity contribution < 1.29 is 9.90 Å². The third-order valence-corrected chi connectivity index (χ3v) is 3.60.